The molecule has 5 heteroatoms. The highest BCUT2D eigenvalue weighted by atomic mass is 79.9. The summed E-state index contributed by atoms with van der Waals surface area (Å²) in [6, 6.07) is 5.19. The monoisotopic (exact) mass is 335 g/mol. The average Bonchev–Trinajstić information content (AvgIpc) is 3.09. The molecule has 1 saturated carbocycles. The highest BCUT2D eigenvalue weighted by molar-refractivity contribution is 9.10. The summed E-state index contributed by atoms with van der Waals surface area (Å²) in [5, 5.41) is 3.28. The fourth-order valence-electron chi connectivity index (χ4n) is 1.58. The summed E-state index contributed by atoms with van der Waals surface area (Å²) in [6.07, 6.45) is 2.34. The first kappa shape index (κ1) is 13.2. The maximum atomic E-state index is 11.9. The normalized spacial score (nSPS) is 16.6. The fourth-order valence-corrected chi connectivity index (χ4v) is 2.67. The van der Waals surface area contributed by atoms with E-state index in [1.807, 2.05) is 0 Å². The van der Waals surface area contributed by atoms with Gasteiger partial charge < -0.3 is 5.32 Å². The van der Waals surface area contributed by atoms with Gasteiger partial charge in [-0.3, -0.25) is 4.79 Å². The number of rotatable bonds is 4. The van der Waals surface area contributed by atoms with Crippen LogP contribution in [0, 0.1) is 5.92 Å². The SMILES string of the molecule is O=C(NCC(Cl)C1CC1)c1ccc(Br)cc1Cl. The highest BCUT2D eigenvalue weighted by Gasteiger charge is 2.29. The molecule has 0 aliphatic heterocycles. The Labute approximate surface area is 119 Å². The summed E-state index contributed by atoms with van der Waals surface area (Å²) in [4.78, 5) is 11.9. The Morgan fingerprint density at radius 3 is 2.82 bits per heavy atom. The van der Waals surface area contributed by atoms with Gasteiger partial charge in [-0.25, -0.2) is 0 Å². The quantitative estimate of drug-likeness (QED) is 0.831. The zero-order valence-electron chi connectivity index (χ0n) is 9.05. The Morgan fingerprint density at radius 2 is 2.24 bits per heavy atom. The Kier molecular flexibility index (Phi) is 4.34. The molecule has 1 aromatic rings. The van der Waals surface area contributed by atoms with Crippen LogP contribution in [-0.4, -0.2) is 17.8 Å². The van der Waals surface area contributed by atoms with Gasteiger partial charge in [0.05, 0.1) is 16.0 Å². The zero-order valence-corrected chi connectivity index (χ0v) is 12.1. The molecule has 0 aromatic heterocycles. The first-order valence-electron chi connectivity index (χ1n) is 5.45. The molecule has 1 aliphatic rings. The van der Waals surface area contributed by atoms with E-state index in [9.17, 15) is 4.79 Å². The van der Waals surface area contributed by atoms with Crippen LogP contribution in [0.3, 0.4) is 0 Å². The summed E-state index contributed by atoms with van der Waals surface area (Å²) < 4.78 is 0.854. The smallest absolute Gasteiger partial charge is 0.252 e. The molecule has 0 saturated heterocycles. The third-order valence-corrected chi connectivity index (χ3v) is 4.08. The molecule has 1 aromatic carbocycles. The van der Waals surface area contributed by atoms with E-state index in [0.29, 0.717) is 23.0 Å². The van der Waals surface area contributed by atoms with Crippen molar-refractivity contribution in [2.45, 2.75) is 18.2 Å². The first-order chi connectivity index (χ1) is 8.08. The van der Waals surface area contributed by atoms with Crippen LogP contribution in [-0.2, 0) is 0 Å². The molecule has 17 heavy (non-hydrogen) atoms. The minimum absolute atomic E-state index is 0.0353. The van der Waals surface area contributed by atoms with Crippen LogP contribution in [0.1, 0.15) is 23.2 Å². The number of hydrogen-bond acceptors (Lipinski definition) is 1. The van der Waals surface area contributed by atoms with Gasteiger partial charge in [-0.05, 0) is 37.0 Å². The number of hydrogen-bond donors (Lipinski definition) is 1. The van der Waals surface area contributed by atoms with Gasteiger partial charge in [0, 0.05) is 11.0 Å². The van der Waals surface area contributed by atoms with Crippen molar-refractivity contribution in [1.29, 1.82) is 0 Å². The number of amides is 1. The fraction of sp³-hybridized carbons (Fsp3) is 0.417. The van der Waals surface area contributed by atoms with Gasteiger partial charge in [-0.2, -0.15) is 0 Å². The van der Waals surface area contributed by atoms with E-state index >= 15 is 0 Å². The summed E-state index contributed by atoms with van der Waals surface area (Å²) in [7, 11) is 0. The Hall–Kier alpha value is -0.250. The molecule has 1 atom stereocenters. The van der Waals surface area contributed by atoms with Crippen LogP contribution in [0.2, 0.25) is 5.02 Å². The minimum atomic E-state index is -0.172. The second kappa shape index (κ2) is 5.59. The van der Waals surface area contributed by atoms with Crippen LogP contribution in [0.5, 0.6) is 0 Å². The lowest BCUT2D eigenvalue weighted by atomic mass is 10.2. The molecule has 0 bridgehead atoms. The standard InChI is InChI=1S/C12H12BrCl2NO/c13-8-3-4-9(10(14)5-8)12(17)16-6-11(15)7-1-2-7/h3-5,7,11H,1-2,6H2,(H,16,17). The Balaban J connectivity index is 1.94. The van der Waals surface area contributed by atoms with Crippen molar-refractivity contribution in [2.24, 2.45) is 5.92 Å². The largest absolute Gasteiger partial charge is 0.350 e. The third-order valence-electron chi connectivity index (χ3n) is 2.77. The van der Waals surface area contributed by atoms with Gasteiger partial charge in [-0.15, -0.1) is 11.6 Å². The molecule has 2 nitrogen and oxygen atoms in total. The third kappa shape index (κ3) is 3.60. The number of halogens is 3. The van der Waals surface area contributed by atoms with Gasteiger partial charge in [0.25, 0.3) is 5.91 Å². The van der Waals surface area contributed by atoms with E-state index in [2.05, 4.69) is 21.2 Å². The van der Waals surface area contributed by atoms with Crippen molar-refractivity contribution < 1.29 is 4.79 Å². The molecule has 0 heterocycles. The average molecular weight is 337 g/mol. The lowest BCUT2D eigenvalue weighted by Crippen LogP contribution is -2.30. The molecule has 0 radical (unpaired) electrons. The molecule has 2 rings (SSSR count). The van der Waals surface area contributed by atoms with Crippen molar-refractivity contribution in [3.05, 3.63) is 33.3 Å². The summed E-state index contributed by atoms with van der Waals surface area (Å²) in [5.74, 6) is 0.395. The molecule has 1 unspecified atom stereocenters. The molecular formula is C12H12BrCl2NO. The lowest BCUT2D eigenvalue weighted by molar-refractivity contribution is 0.0953. The predicted molar refractivity (Wildman–Crippen MR) is 73.9 cm³/mol. The Bertz CT molecular complexity index is 435. The number of carbonyl (C=O) groups is 1. The van der Waals surface area contributed by atoms with Crippen LogP contribution < -0.4 is 5.32 Å². The van der Waals surface area contributed by atoms with Crippen LogP contribution >= 0.6 is 39.1 Å². The number of nitrogens with one attached hydrogen (secondary N) is 1. The van der Waals surface area contributed by atoms with Crippen molar-refractivity contribution in [2.75, 3.05) is 6.54 Å². The van der Waals surface area contributed by atoms with Gasteiger partial charge in [-0.1, -0.05) is 27.5 Å². The zero-order chi connectivity index (χ0) is 12.4. The topological polar surface area (TPSA) is 29.1 Å². The summed E-state index contributed by atoms with van der Waals surface area (Å²) in [5.41, 5.74) is 0.481. The van der Waals surface area contributed by atoms with Crippen molar-refractivity contribution in [1.82, 2.24) is 5.32 Å². The summed E-state index contributed by atoms with van der Waals surface area (Å²) >= 11 is 15.4. The summed E-state index contributed by atoms with van der Waals surface area (Å²) in [6.45, 7) is 0.497. The molecule has 1 amide bonds. The predicted octanol–water partition coefficient (Wildman–Crippen LogP) is 3.85. The molecule has 1 aliphatic carbocycles. The van der Waals surface area contributed by atoms with Crippen molar-refractivity contribution >= 4 is 45.0 Å². The van der Waals surface area contributed by atoms with E-state index in [-0.39, 0.29) is 11.3 Å². The van der Waals surface area contributed by atoms with Gasteiger partial charge in [0.2, 0.25) is 0 Å². The molecule has 1 fully saturated rings. The Morgan fingerprint density at radius 1 is 1.53 bits per heavy atom. The number of benzene rings is 1. The second-order valence-corrected chi connectivity index (χ2v) is 6.07. The van der Waals surface area contributed by atoms with E-state index < -0.39 is 0 Å². The maximum Gasteiger partial charge on any atom is 0.252 e. The number of alkyl halides is 1. The molecular weight excluding hydrogens is 325 g/mol. The van der Waals surface area contributed by atoms with E-state index in [4.69, 9.17) is 23.2 Å². The minimum Gasteiger partial charge on any atom is -0.350 e. The van der Waals surface area contributed by atoms with Gasteiger partial charge in [0.1, 0.15) is 0 Å². The molecule has 92 valence electrons. The highest BCUT2D eigenvalue weighted by Crippen LogP contribution is 2.35. The molecule has 1 N–H and O–H groups in total. The molecule has 0 spiro atoms. The van der Waals surface area contributed by atoms with Gasteiger partial charge in [0.15, 0.2) is 0 Å². The number of carbonyl (C=O) groups excluding carboxylic acids is 1. The lowest BCUT2D eigenvalue weighted by Gasteiger charge is -2.10. The van der Waals surface area contributed by atoms with Gasteiger partial charge >= 0.3 is 0 Å². The first-order valence-corrected chi connectivity index (χ1v) is 7.06. The second-order valence-electron chi connectivity index (χ2n) is 4.19. The van der Waals surface area contributed by atoms with E-state index in [1.165, 1.54) is 12.8 Å². The van der Waals surface area contributed by atoms with Crippen molar-refractivity contribution in [3.8, 4) is 0 Å². The van der Waals surface area contributed by atoms with Crippen LogP contribution in [0.25, 0.3) is 0 Å². The van der Waals surface area contributed by atoms with Crippen LogP contribution in [0.4, 0.5) is 0 Å². The van der Waals surface area contributed by atoms with E-state index in [1.54, 1.807) is 18.2 Å². The van der Waals surface area contributed by atoms with Crippen LogP contribution in [0.15, 0.2) is 22.7 Å². The van der Waals surface area contributed by atoms with Crippen molar-refractivity contribution in [3.63, 3.8) is 0 Å². The van der Waals surface area contributed by atoms with E-state index in [0.717, 1.165) is 4.47 Å². The maximum absolute atomic E-state index is 11.9.